The van der Waals surface area contributed by atoms with Gasteiger partial charge in [-0.05, 0) is 63.0 Å². The first kappa shape index (κ1) is 23.9. The fraction of sp³-hybridized carbons (Fsp3) is 0.333. The minimum atomic E-state index is -3.61. The summed E-state index contributed by atoms with van der Waals surface area (Å²) in [5.74, 6) is -0.580. The summed E-state index contributed by atoms with van der Waals surface area (Å²) >= 11 is 13.4. The largest absolute Gasteiger partial charge is 0.308 e. The van der Waals surface area contributed by atoms with Crippen LogP contribution in [0.5, 0.6) is 0 Å². The Morgan fingerprint density at radius 1 is 1.06 bits per heavy atom. The van der Waals surface area contributed by atoms with E-state index >= 15 is 0 Å². The van der Waals surface area contributed by atoms with Gasteiger partial charge < -0.3 is 4.90 Å². The predicted octanol–water partition coefficient (Wildman–Crippen LogP) is 4.67. The molecule has 6 nitrogen and oxygen atoms in total. The fourth-order valence-electron chi connectivity index (χ4n) is 2.95. The van der Waals surface area contributed by atoms with Gasteiger partial charge in [0.05, 0.1) is 20.9 Å². The van der Waals surface area contributed by atoms with Crippen molar-refractivity contribution in [2.45, 2.75) is 18.2 Å². The van der Waals surface area contributed by atoms with Gasteiger partial charge in [0.1, 0.15) is 0 Å². The van der Waals surface area contributed by atoms with E-state index in [-0.39, 0.29) is 23.0 Å². The maximum atomic E-state index is 13.1. The van der Waals surface area contributed by atoms with Crippen LogP contribution in [0.2, 0.25) is 10.0 Å². The third-order valence-electron chi connectivity index (χ3n) is 4.80. The highest BCUT2D eigenvalue weighted by molar-refractivity contribution is 7.91. The molecule has 1 heterocycles. The zero-order valence-corrected chi connectivity index (χ0v) is 20.6. The van der Waals surface area contributed by atoms with E-state index in [0.717, 1.165) is 15.8 Å². The van der Waals surface area contributed by atoms with Crippen LogP contribution >= 0.6 is 34.5 Å². The van der Waals surface area contributed by atoms with E-state index in [1.54, 1.807) is 4.90 Å². The van der Waals surface area contributed by atoms with Crippen molar-refractivity contribution in [1.29, 1.82) is 0 Å². The molecule has 0 spiro atoms. The summed E-state index contributed by atoms with van der Waals surface area (Å²) in [4.78, 5) is 21.4. The molecule has 3 rings (SSSR count). The first-order valence-electron chi connectivity index (χ1n) is 9.57. The van der Waals surface area contributed by atoms with Crippen LogP contribution in [0.4, 0.5) is 5.13 Å². The summed E-state index contributed by atoms with van der Waals surface area (Å²) in [5.41, 5.74) is 1.61. The van der Waals surface area contributed by atoms with Crippen molar-refractivity contribution in [2.75, 3.05) is 37.8 Å². The molecule has 166 valence electrons. The van der Waals surface area contributed by atoms with E-state index in [1.165, 1.54) is 35.6 Å². The van der Waals surface area contributed by atoms with Gasteiger partial charge in [-0.25, -0.2) is 13.4 Å². The molecular formula is C21H23Cl2N3O3S2. The number of benzene rings is 2. The Hall–Kier alpha value is -1.71. The number of aromatic nitrogens is 1. The summed E-state index contributed by atoms with van der Waals surface area (Å²) in [6.45, 7) is 2.91. The van der Waals surface area contributed by atoms with Crippen molar-refractivity contribution in [3.05, 3.63) is 52.0 Å². The number of carbonyl (C=O) groups is 1. The van der Waals surface area contributed by atoms with Crippen molar-refractivity contribution in [3.63, 3.8) is 0 Å². The average Bonchev–Trinajstić information content (AvgIpc) is 3.14. The van der Waals surface area contributed by atoms with Gasteiger partial charge in [-0.3, -0.25) is 9.69 Å². The minimum Gasteiger partial charge on any atom is -0.308 e. The highest BCUT2D eigenvalue weighted by atomic mass is 35.5. The number of sulfone groups is 1. The lowest BCUT2D eigenvalue weighted by Crippen LogP contribution is -2.37. The number of hydrogen-bond acceptors (Lipinski definition) is 6. The minimum absolute atomic E-state index is 0.145. The number of carbonyl (C=O) groups excluding carboxylic acids is 1. The highest BCUT2D eigenvalue weighted by Gasteiger charge is 2.24. The Morgan fingerprint density at radius 3 is 2.39 bits per heavy atom. The lowest BCUT2D eigenvalue weighted by atomic mass is 10.2. The van der Waals surface area contributed by atoms with Crippen LogP contribution in [0.1, 0.15) is 12.0 Å². The second kappa shape index (κ2) is 9.83. The lowest BCUT2D eigenvalue weighted by Gasteiger charge is -2.22. The van der Waals surface area contributed by atoms with Gasteiger partial charge in [-0.2, -0.15) is 0 Å². The number of likely N-dealkylation sites (N-methyl/N-ethyl adjacent to an activating group) is 1. The zero-order valence-electron chi connectivity index (χ0n) is 17.4. The number of rotatable bonds is 8. The molecule has 0 fully saturated rings. The Bertz CT molecular complexity index is 1190. The van der Waals surface area contributed by atoms with E-state index in [1.807, 2.05) is 38.1 Å². The monoisotopic (exact) mass is 499 g/mol. The van der Waals surface area contributed by atoms with Crippen LogP contribution in [0.25, 0.3) is 10.2 Å². The normalized spacial score (nSPS) is 11.9. The molecule has 10 heteroatoms. The average molecular weight is 500 g/mol. The topological polar surface area (TPSA) is 70.6 Å². The van der Waals surface area contributed by atoms with Gasteiger partial charge in [0.2, 0.25) is 5.91 Å². The van der Waals surface area contributed by atoms with Crippen molar-refractivity contribution < 1.29 is 13.2 Å². The molecular weight excluding hydrogens is 477 g/mol. The zero-order chi connectivity index (χ0) is 22.8. The first-order valence-corrected chi connectivity index (χ1v) is 12.8. The van der Waals surface area contributed by atoms with Crippen LogP contribution < -0.4 is 4.90 Å². The number of thiazole rings is 1. The maximum Gasteiger partial charge on any atom is 0.229 e. The molecule has 0 radical (unpaired) electrons. The molecule has 3 aromatic rings. The predicted molar refractivity (Wildman–Crippen MR) is 128 cm³/mol. The second-order valence-electron chi connectivity index (χ2n) is 7.39. The van der Waals surface area contributed by atoms with Gasteiger partial charge >= 0.3 is 0 Å². The number of anilines is 1. The molecule has 1 amide bonds. The fourth-order valence-corrected chi connectivity index (χ4v) is 5.52. The third-order valence-corrected chi connectivity index (χ3v) is 8.23. The molecule has 0 aliphatic carbocycles. The molecule has 0 bridgehead atoms. The van der Waals surface area contributed by atoms with E-state index in [9.17, 15) is 13.2 Å². The molecule has 1 aromatic heterocycles. The van der Waals surface area contributed by atoms with Gasteiger partial charge in [-0.1, -0.05) is 34.5 Å². The summed E-state index contributed by atoms with van der Waals surface area (Å²) < 4.78 is 26.2. The Balaban J connectivity index is 1.84. The molecule has 31 heavy (non-hydrogen) atoms. The summed E-state index contributed by atoms with van der Waals surface area (Å²) in [7, 11) is 0.218. The summed E-state index contributed by atoms with van der Waals surface area (Å²) in [6.07, 6.45) is -0.145. The number of hydrogen-bond donors (Lipinski definition) is 0. The number of amides is 1. The first-order chi connectivity index (χ1) is 14.6. The molecule has 0 aliphatic rings. The third kappa shape index (κ3) is 5.75. The molecule has 0 unspecified atom stereocenters. The Kier molecular flexibility index (Phi) is 7.59. The molecule has 0 saturated heterocycles. The number of halogens is 2. The standard InChI is InChI=1S/C21H23Cl2N3O3S2/c1-14-17(23)8-9-18-20(14)24-21(30-18)26(12-11-25(2)3)19(27)10-13-31(28,29)16-6-4-15(22)5-7-16/h4-9H,10-13H2,1-3H3. The van der Waals surface area contributed by atoms with E-state index in [4.69, 9.17) is 23.2 Å². The number of aryl methyl sites for hydroxylation is 1. The van der Waals surface area contributed by atoms with Gasteiger partial charge in [-0.15, -0.1) is 0 Å². The maximum absolute atomic E-state index is 13.1. The molecule has 0 atom stereocenters. The number of nitrogens with zero attached hydrogens (tertiary/aromatic N) is 3. The van der Waals surface area contributed by atoms with Crippen molar-refractivity contribution in [3.8, 4) is 0 Å². The van der Waals surface area contributed by atoms with Crippen molar-refractivity contribution >= 4 is 65.6 Å². The smallest absolute Gasteiger partial charge is 0.229 e. The van der Waals surface area contributed by atoms with E-state index in [2.05, 4.69) is 4.98 Å². The van der Waals surface area contributed by atoms with Crippen molar-refractivity contribution in [1.82, 2.24) is 9.88 Å². The summed E-state index contributed by atoms with van der Waals surface area (Å²) in [5, 5.41) is 1.61. The van der Waals surface area contributed by atoms with Crippen LogP contribution in [-0.4, -0.2) is 57.1 Å². The lowest BCUT2D eigenvalue weighted by molar-refractivity contribution is -0.118. The summed E-state index contributed by atoms with van der Waals surface area (Å²) in [6, 6.07) is 9.64. The molecule has 0 saturated carbocycles. The number of fused-ring (bicyclic) bond motifs is 1. The Labute approximate surface area is 196 Å². The molecule has 0 N–H and O–H groups in total. The highest BCUT2D eigenvalue weighted by Crippen LogP contribution is 2.33. The van der Waals surface area contributed by atoms with Crippen molar-refractivity contribution in [2.24, 2.45) is 0 Å². The second-order valence-corrected chi connectivity index (χ2v) is 11.3. The van der Waals surface area contributed by atoms with Gasteiger partial charge in [0.15, 0.2) is 15.0 Å². The molecule has 2 aromatic carbocycles. The van der Waals surface area contributed by atoms with Gasteiger partial charge in [0, 0.05) is 29.6 Å². The van der Waals surface area contributed by atoms with E-state index in [0.29, 0.717) is 28.3 Å². The quantitative estimate of drug-likeness (QED) is 0.450. The van der Waals surface area contributed by atoms with Gasteiger partial charge in [0.25, 0.3) is 0 Å². The van der Waals surface area contributed by atoms with Crippen LogP contribution in [0.3, 0.4) is 0 Å². The van der Waals surface area contributed by atoms with Crippen LogP contribution in [-0.2, 0) is 14.6 Å². The SMILES string of the molecule is Cc1c(Cl)ccc2sc(N(CCN(C)C)C(=O)CCS(=O)(=O)c3ccc(Cl)cc3)nc12. The Morgan fingerprint density at radius 2 is 1.74 bits per heavy atom. The van der Waals surface area contributed by atoms with E-state index < -0.39 is 9.84 Å². The van der Waals surface area contributed by atoms with Crippen LogP contribution in [0.15, 0.2) is 41.3 Å². The molecule has 0 aliphatic heterocycles. The van der Waals surface area contributed by atoms with Crippen LogP contribution in [0, 0.1) is 6.92 Å².